The highest BCUT2D eigenvalue weighted by molar-refractivity contribution is 6.19. The molecule has 196 valence electrons. The maximum absolute atomic E-state index is 2.41. The van der Waals surface area contributed by atoms with E-state index in [2.05, 4.69) is 159 Å². The predicted octanol–water partition coefficient (Wildman–Crippen LogP) is 11.2. The van der Waals surface area contributed by atoms with Crippen molar-refractivity contribution in [2.45, 2.75) is 26.2 Å². The van der Waals surface area contributed by atoms with Crippen molar-refractivity contribution in [3.8, 4) is 11.1 Å². The molecule has 0 N–H and O–H groups in total. The highest BCUT2D eigenvalue weighted by atomic mass is 15.1. The highest BCUT2D eigenvalue weighted by Crippen LogP contribution is 2.56. The highest BCUT2D eigenvalue weighted by Gasteiger charge is 2.39. The normalized spacial score (nSPS) is 13.4. The Morgan fingerprint density at radius 2 is 1.10 bits per heavy atom. The molecule has 0 saturated heterocycles. The smallest absolute Gasteiger partial charge is 0.0468 e. The zero-order valence-corrected chi connectivity index (χ0v) is 23.6. The van der Waals surface area contributed by atoms with Gasteiger partial charge in [-0.1, -0.05) is 111 Å². The Kier molecular flexibility index (Phi) is 5.15. The average Bonchev–Trinajstić information content (AvgIpc) is 3.25. The lowest BCUT2D eigenvalue weighted by molar-refractivity contribution is 0.672. The van der Waals surface area contributed by atoms with Crippen LogP contribution in [0.3, 0.4) is 0 Å². The van der Waals surface area contributed by atoms with Crippen molar-refractivity contribution in [1.82, 2.24) is 0 Å². The van der Waals surface area contributed by atoms with Gasteiger partial charge >= 0.3 is 0 Å². The van der Waals surface area contributed by atoms with Gasteiger partial charge in [-0.15, -0.1) is 0 Å². The fourth-order valence-electron chi connectivity index (χ4n) is 7.32. The number of benzene rings is 7. The molecule has 0 atom stereocenters. The Hall–Kier alpha value is -4.88. The topological polar surface area (TPSA) is 3.24 Å². The first kappa shape index (κ1) is 24.0. The van der Waals surface area contributed by atoms with E-state index >= 15 is 0 Å². The van der Waals surface area contributed by atoms with Crippen LogP contribution in [0.4, 0.5) is 17.1 Å². The molecule has 0 unspecified atom stereocenters. The lowest BCUT2D eigenvalue weighted by atomic mass is 9.78. The summed E-state index contributed by atoms with van der Waals surface area (Å²) >= 11 is 0. The summed E-state index contributed by atoms with van der Waals surface area (Å²) in [5.41, 5.74) is 10.3. The van der Waals surface area contributed by atoms with E-state index in [1.807, 2.05) is 0 Å². The van der Waals surface area contributed by atoms with Crippen molar-refractivity contribution in [1.29, 1.82) is 0 Å². The van der Waals surface area contributed by atoms with Crippen LogP contribution in [-0.2, 0) is 5.41 Å². The second-order valence-corrected chi connectivity index (χ2v) is 11.9. The van der Waals surface area contributed by atoms with Crippen LogP contribution in [0.2, 0.25) is 0 Å². The Bertz CT molecular complexity index is 2140. The molecule has 1 aliphatic carbocycles. The average molecular weight is 526 g/mol. The van der Waals surface area contributed by atoms with Gasteiger partial charge in [0.2, 0.25) is 0 Å². The third-order valence-corrected chi connectivity index (χ3v) is 8.99. The molecule has 0 amide bonds. The summed E-state index contributed by atoms with van der Waals surface area (Å²) in [4.78, 5) is 2.36. The quantitative estimate of drug-likeness (QED) is 0.207. The van der Waals surface area contributed by atoms with Crippen molar-refractivity contribution in [2.24, 2.45) is 0 Å². The summed E-state index contributed by atoms with van der Waals surface area (Å²) in [5, 5.41) is 7.98. The number of hydrogen-bond donors (Lipinski definition) is 0. The third-order valence-electron chi connectivity index (χ3n) is 8.99. The van der Waals surface area contributed by atoms with Crippen LogP contribution >= 0.6 is 0 Å². The first-order valence-electron chi connectivity index (χ1n) is 14.5. The zero-order valence-electron chi connectivity index (χ0n) is 23.6. The molecule has 0 fully saturated rings. The van der Waals surface area contributed by atoms with Crippen molar-refractivity contribution >= 4 is 49.4 Å². The van der Waals surface area contributed by atoms with Crippen LogP contribution in [0.15, 0.2) is 133 Å². The minimum Gasteiger partial charge on any atom is -0.310 e. The first-order valence-corrected chi connectivity index (χ1v) is 14.5. The summed E-state index contributed by atoms with van der Waals surface area (Å²) in [5.74, 6) is 0. The van der Waals surface area contributed by atoms with Crippen LogP contribution in [0, 0.1) is 6.92 Å². The summed E-state index contributed by atoms with van der Waals surface area (Å²) in [6.45, 7) is 6.98. The molecule has 0 spiro atoms. The summed E-state index contributed by atoms with van der Waals surface area (Å²) in [6, 6.07) is 49.0. The van der Waals surface area contributed by atoms with Crippen molar-refractivity contribution < 1.29 is 0 Å². The predicted molar refractivity (Wildman–Crippen MR) is 176 cm³/mol. The summed E-state index contributed by atoms with van der Waals surface area (Å²) < 4.78 is 0. The van der Waals surface area contributed by atoms with Gasteiger partial charge in [-0.25, -0.2) is 0 Å². The fourth-order valence-corrected chi connectivity index (χ4v) is 7.32. The number of fused-ring (bicyclic) bond motifs is 10. The van der Waals surface area contributed by atoms with Crippen LogP contribution in [0.5, 0.6) is 0 Å². The van der Waals surface area contributed by atoms with Crippen molar-refractivity contribution in [3.63, 3.8) is 0 Å². The minimum atomic E-state index is -0.134. The van der Waals surface area contributed by atoms with E-state index < -0.39 is 0 Å². The largest absolute Gasteiger partial charge is 0.310 e. The molecule has 0 radical (unpaired) electrons. The minimum absolute atomic E-state index is 0.134. The van der Waals surface area contributed by atoms with Gasteiger partial charge < -0.3 is 4.90 Å². The van der Waals surface area contributed by atoms with Crippen LogP contribution in [0.1, 0.15) is 30.5 Å². The number of nitrogens with zero attached hydrogens (tertiary/aromatic N) is 1. The van der Waals surface area contributed by atoms with Crippen LogP contribution in [0.25, 0.3) is 43.4 Å². The van der Waals surface area contributed by atoms with E-state index in [-0.39, 0.29) is 5.41 Å². The Balaban J connectivity index is 1.38. The third kappa shape index (κ3) is 3.49. The number of aryl methyl sites for hydroxylation is 1. The van der Waals surface area contributed by atoms with Gasteiger partial charge in [-0.3, -0.25) is 0 Å². The number of para-hydroxylation sites is 1. The van der Waals surface area contributed by atoms with Gasteiger partial charge in [0.15, 0.2) is 0 Å². The van der Waals surface area contributed by atoms with E-state index in [0.29, 0.717) is 0 Å². The maximum atomic E-state index is 2.41. The van der Waals surface area contributed by atoms with E-state index in [1.54, 1.807) is 0 Å². The van der Waals surface area contributed by atoms with Gasteiger partial charge in [0.1, 0.15) is 0 Å². The molecule has 0 heterocycles. The Labute approximate surface area is 241 Å². The molecule has 0 aromatic heterocycles. The first-order chi connectivity index (χ1) is 20.0. The van der Waals surface area contributed by atoms with E-state index in [0.717, 1.165) is 5.69 Å². The molecular weight excluding hydrogens is 494 g/mol. The molecule has 1 nitrogen and oxygen atoms in total. The number of rotatable bonds is 3. The molecule has 0 aliphatic heterocycles. The van der Waals surface area contributed by atoms with E-state index in [4.69, 9.17) is 0 Å². The lowest BCUT2D eigenvalue weighted by Gasteiger charge is -2.27. The molecule has 7 aromatic carbocycles. The van der Waals surface area contributed by atoms with E-state index in [9.17, 15) is 0 Å². The molecule has 1 heteroatoms. The van der Waals surface area contributed by atoms with Gasteiger partial charge in [-0.05, 0) is 103 Å². The molecule has 0 bridgehead atoms. The van der Waals surface area contributed by atoms with Crippen molar-refractivity contribution in [2.75, 3.05) is 4.90 Å². The second kappa shape index (κ2) is 8.81. The maximum Gasteiger partial charge on any atom is 0.0468 e. The number of anilines is 3. The molecule has 1 aliphatic rings. The Morgan fingerprint density at radius 3 is 1.85 bits per heavy atom. The molecule has 0 saturated carbocycles. The molecule has 41 heavy (non-hydrogen) atoms. The standard InChI is InChI=1S/C40H31N/c1-26-12-11-15-29(24-26)41(28-13-5-4-6-14-28)30-21-23-31-27(25-30)20-22-36-37-34-18-9-7-16-32(34)33-17-8-10-19-35(33)39(37)40(2,3)38(31)36/h4-25H,1-3H3. The van der Waals surface area contributed by atoms with Gasteiger partial charge in [0, 0.05) is 22.5 Å². The molecule has 8 rings (SSSR count). The summed E-state index contributed by atoms with van der Waals surface area (Å²) in [7, 11) is 0. The Morgan fingerprint density at radius 1 is 0.463 bits per heavy atom. The molecule has 7 aromatic rings. The van der Waals surface area contributed by atoms with Gasteiger partial charge in [0.05, 0.1) is 0 Å². The second-order valence-electron chi connectivity index (χ2n) is 11.9. The SMILES string of the molecule is Cc1cccc(N(c2ccccc2)c2ccc3c4c(ccc3c2)-c2c(c3ccccc3c3ccccc23)C4(C)C)c1. The van der Waals surface area contributed by atoms with Gasteiger partial charge in [-0.2, -0.15) is 0 Å². The van der Waals surface area contributed by atoms with Gasteiger partial charge in [0.25, 0.3) is 0 Å². The van der Waals surface area contributed by atoms with E-state index in [1.165, 1.54) is 71.5 Å². The number of hydrogen-bond acceptors (Lipinski definition) is 1. The fraction of sp³-hybridized carbons (Fsp3) is 0.100. The van der Waals surface area contributed by atoms with Crippen molar-refractivity contribution in [3.05, 3.63) is 150 Å². The lowest BCUT2D eigenvalue weighted by Crippen LogP contribution is -2.16. The monoisotopic (exact) mass is 525 g/mol. The van der Waals surface area contributed by atoms with Crippen LogP contribution < -0.4 is 4.90 Å². The summed E-state index contributed by atoms with van der Waals surface area (Å²) in [6.07, 6.45) is 0. The van der Waals surface area contributed by atoms with Crippen LogP contribution in [-0.4, -0.2) is 0 Å². The molecular formula is C40H31N. The zero-order chi connectivity index (χ0) is 27.7.